The third-order valence-corrected chi connectivity index (χ3v) is 11.9. The van der Waals surface area contributed by atoms with Crippen LogP contribution in [0.1, 0.15) is 53.6 Å². The summed E-state index contributed by atoms with van der Waals surface area (Å²) < 4.78 is 53.9. The first-order valence-electron chi connectivity index (χ1n) is 18.9. The van der Waals surface area contributed by atoms with Gasteiger partial charge in [-0.3, -0.25) is 34.7 Å². The fraction of sp³-hybridized carbons (Fsp3) is 0.159. The molecule has 7 aromatic heterocycles. The Hall–Kier alpha value is -6.21. The number of pyridine rings is 4. The number of hydrogen-bond acceptors (Lipinski definition) is 15. The van der Waals surface area contributed by atoms with Crippen molar-refractivity contribution in [1.82, 2.24) is 19.9 Å². The summed E-state index contributed by atoms with van der Waals surface area (Å²) in [6.45, 7) is 3.25. The molecule has 13 nitrogen and oxygen atoms in total. The molecule has 7 rings (SSSR count). The van der Waals surface area contributed by atoms with Crippen LogP contribution >= 0.6 is 46.2 Å². The van der Waals surface area contributed by atoms with Crippen LogP contribution in [-0.4, -0.2) is 56.4 Å². The first-order chi connectivity index (χ1) is 30.9. The van der Waals surface area contributed by atoms with Crippen molar-refractivity contribution < 1.29 is 61.2 Å². The number of aryl methyl sites for hydroxylation is 1. The van der Waals surface area contributed by atoms with Gasteiger partial charge in [-0.25, -0.2) is 4.98 Å². The maximum Gasteiger partial charge on any atom is 2.00 e. The molecule has 0 saturated carbocycles. The van der Waals surface area contributed by atoms with Gasteiger partial charge in [0.2, 0.25) is 0 Å². The number of thiocarbonyl (C=S) groups is 1. The normalized spacial score (nSPS) is 11.0. The number of carbonyl (C=O) groups is 3. The molecule has 65 heavy (non-hydrogen) atoms. The molecule has 7 heterocycles. The summed E-state index contributed by atoms with van der Waals surface area (Å²) >= 11 is 7.92. The van der Waals surface area contributed by atoms with Crippen molar-refractivity contribution in [2.45, 2.75) is 45.2 Å². The van der Waals surface area contributed by atoms with E-state index in [1.54, 1.807) is 66.2 Å². The minimum atomic E-state index is -4.77. The molecular weight excluding hydrogens is 1010 g/mol. The molecular formula is C44H34F3N7O6RuS4. The second kappa shape index (κ2) is 25.3. The average Bonchev–Trinajstić information content (AvgIpc) is 4.03. The molecule has 0 saturated heterocycles. The van der Waals surface area contributed by atoms with Crippen molar-refractivity contribution in [2.24, 2.45) is 0 Å². The summed E-state index contributed by atoms with van der Waals surface area (Å²) in [4.78, 5) is 52.6. The van der Waals surface area contributed by atoms with Gasteiger partial charge in [0.1, 0.15) is 22.8 Å². The van der Waals surface area contributed by atoms with Crippen LogP contribution in [0.25, 0.3) is 71.9 Å². The molecule has 0 aliphatic rings. The number of ether oxygens (including phenoxy) is 3. The molecule has 7 aromatic rings. The first-order valence-corrected chi connectivity index (χ1v) is 21.7. The van der Waals surface area contributed by atoms with E-state index in [1.807, 2.05) is 12.2 Å². The molecule has 2 N–H and O–H groups in total. The predicted molar refractivity (Wildman–Crippen MR) is 249 cm³/mol. The molecule has 0 unspecified atom stereocenters. The van der Waals surface area contributed by atoms with Crippen LogP contribution < -0.4 is 14.2 Å². The van der Waals surface area contributed by atoms with Crippen LogP contribution in [0.5, 0.6) is 15.9 Å². The average molecular weight is 1040 g/mol. The molecule has 0 aliphatic heterocycles. The number of nitrogens with one attached hydrogen (secondary N) is 2. The third kappa shape index (κ3) is 14.7. The number of thiophene rings is 3. The maximum absolute atomic E-state index is 12.4. The topological polar surface area (TPSA) is 200 Å². The van der Waals surface area contributed by atoms with E-state index in [4.69, 9.17) is 35.7 Å². The van der Waals surface area contributed by atoms with Gasteiger partial charge in [-0.15, -0.1) is 17.0 Å². The number of nitrogens with zero attached hydrogens (tertiary/aromatic N) is 5. The van der Waals surface area contributed by atoms with Gasteiger partial charge in [0.25, 0.3) is 19.4 Å². The zero-order valence-corrected chi connectivity index (χ0v) is 38.8. The van der Waals surface area contributed by atoms with Crippen LogP contribution in [0.2, 0.25) is 0 Å². The molecule has 334 valence electrons. The molecule has 21 heteroatoms. The van der Waals surface area contributed by atoms with Crippen molar-refractivity contribution in [3.05, 3.63) is 117 Å². The van der Waals surface area contributed by atoms with Crippen molar-refractivity contribution in [2.75, 3.05) is 0 Å². The summed E-state index contributed by atoms with van der Waals surface area (Å²) in [7, 11) is 0. The summed E-state index contributed by atoms with van der Waals surface area (Å²) in [5, 5.41) is 17.9. The summed E-state index contributed by atoms with van der Waals surface area (Å²) in [5.41, 5.74) is 8.51. The second-order valence-electron chi connectivity index (χ2n) is 13.0. The zero-order valence-electron chi connectivity index (χ0n) is 33.8. The van der Waals surface area contributed by atoms with Gasteiger partial charge in [-0.1, -0.05) is 67.2 Å². The van der Waals surface area contributed by atoms with Gasteiger partial charge in [-0.05, 0) is 67.0 Å². The monoisotopic (exact) mass is 1040 g/mol. The first kappa shape index (κ1) is 51.4. The summed E-state index contributed by atoms with van der Waals surface area (Å²) in [6, 6.07) is 17.7. The Balaban J connectivity index is 0.000000268. The van der Waals surface area contributed by atoms with Crippen LogP contribution in [0.15, 0.2) is 85.3 Å². The van der Waals surface area contributed by atoms with E-state index in [-0.39, 0.29) is 30.9 Å². The van der Waals surface area contributed by atoms with Gasteiger partial charge in [0, 0.05) is 69.1 Å². The van der Waals surface area contributed by atoms with Crippen molar-refractivity contribution in [3.63, 3.8) is 0 Å². The van der Waals surface area contributed by atoms with E-state index in [2.05, 4.69) is 46.2 Å². The van der Waals surface area contributed by atoms with E-state index < -0.39 is 17.6 Å². The van der Waals surface area contributed by atoms with Crippen LogP contribution in [0.4, 0.5) is 13.2 Å². The van der Waals surface area contributed by atoms with Crippen molar-refractivity contribution in [3.8, 4) is 38.7 Å². The molecule has 0 fully saturated rings. The molecule has 0 amide bonds. The Labute approximate surface area is 400 Å². The predicted octanol–water partition coefficient (Wildman–Crippen LogP) is 12.3. The van der Waals surface area contributed by atoms with Crippen molar-refractivity contribution >= 4 is 115 Å². The van der Waals surface area contributed by atoms with Gasteiger partial charge >= 0.3 is 25.7 Å². The fourth-order valence-electron chi connectivity index (χ4n) is 5.85. The number of isothiocyanates is 1. The standard InChI is InChI=1S/C22H11N3O6S2.C21H23F3N3S.CNS.Ru/c26-9-29-14-7-15(19-21-12(1-3-23-19)5-17(32-21)30-10-27)25-16(8-14)20-22-13(2-4-24-20)6-18(33-22)31-11-28;1-2-3-4-5-6-16-9-10-17(28-16)8-7-15-11-12-27-19(13-15)18(25)14-20(26)21(22,23)24;2-1-3;/h1-11H;7-14,25-26H,2-6H2,1H3;;/q;2*-1;+2/b;8-7+,18-14-,26-20?;;. The number of fused-ring (bicyclic) bond motifs is 2. The summed E-state index contributed by atoms with van der Waals surface area (Å²) in [6.07, 6.45) is 10.2. The van der Waals surface area contributed by atoms with Crippen LogP contribution in [0.3, 0.4) is 0 Å². The minimum Gasteiger partial charge on any atom is -0.753 e. The van der Waals surface area contributed by atoms with E-state index in [1.165, 1.54) is 70.7 Å². The quantitative estimate of drug-likeness (QED) is 0.0299. The third-order valence-electron chi connectivity index (χ3n) is 8.67. The second-order valence-corrected chi connectivity index (χ2v) is 16.4. The van der Waals surface area contributed by atoms with Crippen LogP contribution in [0, 0.1) is 5.41 Å². The van der Waals surface area contributed by atoms with Gasteiger partial charge in [-0.2, -0.15) is 18.3 Å². The molecule has 0 bridgehead atoms. The Morgan fingerprint density at radius 2 is 1.37 bits per heavy atom. The van der Waals surface area contributed by atoms with Crippen LogP contribution in [-0.2, 0) is 40.3 Å². The van der Waals surface area contributed by atoms with Gasteiger partial charge in [0.15, 0.2) is 10.1 Å². The largest absolute Gasteiger partial charge is 2.00 e. The van der Waals surface area contributed by atoms with Gasteiger partial charge < -0.3 is 25.4 Å². The Bertz CT molecular complexity index is 2750. The number of rotatable bonds is 17. The van der Waals surface area contributed by atoms with Crippen molar-refractivity contribution in [1.29, 1.82) is 5.41 Å². The smallest absolute Gasteiger partial charge is 0.753 e. The summed E-state index contributed by atoms with van der Waals surface area (Å²) in [5.74, 6) is 0.254. The van der Waals surface area contributed by atoms with Gasteiger partial charge in [0.05, 0.1) is 20.8 Å². The Kier molecular flexibility index (Phi) is 20.0. The molecule has 0 aliphatic carbocycles. The molecule has 0 radical (unpaired) electrons. The number of aromatic nitrogens is 4. The molecule has 0 spiro atoms. The number of unbranched alkanes of at least 4 members (excludes halogenated alkanes) is 3. The van der Waals surface area contributed by atoms with E-state index in [0.29, 0.717) is 58.4 Å². The number of hydrogen-bond donors (Lipinski definition) is 1. The Morgan fingerprint density at radius 1 is 0.800 bits per heavy atom. The molecule has 0 aromatic carbocycles. The minimum absolute atomic E-state index is 0. The SMILES string of the molecule is CCCCCCc1ccc(/C=C/c2ccnc(/C([NH-])=C/C(=N)C(F)(F)F)c2)s1.O=COc1cc(-c2nccc3cc(OC=O)sc23)nc(-c2nccc3cc(OC=O)sc23)c1.[N-]=C=S.[Ru+2]. The van der Waals surface area contributed by atoms with E-state index >= 15 is 0 Å². The number of allylic oxidation sites excluding steroid dienone is 1. The van der Waals surface area contributed by atoms with E-state index in [0.717, 1.165) is 37.0 Å². The number of halogens is 3. The zero-order chi connectivity index (χ0) is 46.1. The van der Waals surface area contributed by atoms with E-state index in [9.17, 15) is 27.6 Å². The number of alkyl halides is 3. The number of carbonyl (C=O) groups excluding carboxylic acids is 3. The fourth-order valence-corrected chi connectivity index (χ4v) is 8.75. The molecule has 0 atom stereocenters. The maximum atomic E-state index is 12.4. The Morgan fingerprint density at radius 3 is 1.91 bits per heavy atom.